The van der Waals surface area contributed by atoms with Crippen LogP contribution < -0.4 is 5.73 Å². The highest BCUT2D eigenvalue weighted by molar-refractivity contribution is 5.25. The molecule has 2 rings (SSSR count). The Morgan fingerprint density at radius 3 is 2.40 bits per heavy atom. The van der Waals surface area contributed by atoms with E-state index in [1.807, 2.05) is 0 Å². The Bertz CT molecular complexity index is 410. The Labute approximate surface area is 124 Å². The summed E-state index contributed by atoms with van der Waals surface area (Å²) in [5.41, 5.74) is 8.94. The smallest absolute Gasteiger partial charge is 0.0322 e. The van der Waals surface area contributed by atoms with Gasteiger partial charge in [0.2, 0.25) is 0 Å². The third kappa shape index (κ3) is 3.83. The maximum absolute atomic E-state index is 6.07. The predicted octanol–water partition coefficient (Wildman–Crippen LogP) is 3.76. The Morgan fingerprint density at radius 1 is 1.20 bits per heavy atom. The van der Waals surface area contributed by atoms with Crippen molar-refractivity contribution < 1.29 is 0 Å². The molecule has 0 amide bonds. The van der Waals surface area contributed by atoms with Crippen molar-refractivity contribution in [3.63, 3.8) is 0 Å². The van der Waals surface area contributed by atoms with Gasteiger partial charge in [-0.15, -0.1) is 0 Å². The fraction of sp³-hybridized carbons (Fsp3) is 0.667. The zero-order valence-corrected chi connectivity index (χ0v) is 13.5. The number of rotatable bonds is 4. The van der Waals surface area contributed by atoms with E-state index in [1.165, 1.54) is 17.5 Å². The van der Waals surface area contributed by atoms with Crippen molar-refractivity contribution in [3.8, 4) is 0 Å². The van der Waals surface area contributed by atoms with Gasteiger partial charge in [-0.05, 0) is 50.2 Å². The minimum absolute atomic E-state index is 0.391. The van der Waals surface area contributed by atoms with Crippen LogP contribution in [0.2, 0.25) is 0 Å². The van der Waals surface area contributed by atoms with Crippen LogP contribution in [0.25, 0.3) is 0 Å². The number of hydrogen-bond acceptors (Lipinski definition) is 2. The standard InChI is InChI=1S/C18H30N2/c1-13(2)11-16-5-7-17(8-6-16)15(4)20-10-9-18(19)12-14(20)3/h5-8,13-15,18H,9-12,19H2,1-4H3. The lowest BCUT2D eigenvalue weighted by Gasteiger charge is -2.40. The lowest BCUT2D eigenvalue weighted by molar-refractivity contribution is 0.104. The van der Waals surface area contributed by atoms with Crippen LogP contribution in [0.5, 0.6) is 0 Å². The fourth-order valence-corrected chi connectivity index (χ4v) is 3.40. The summed E-state index contributed by atoms with van der Waals surface area (Å²) >= 11 is 0. The molecule has 3 unspecified atom stereocenters. The topological polar surface area (TPSA) is 29.3 Å². The first-order chi connectivity index (χ1) is 9.47. The van der Waals surface area contributed by atoms with E-state index >= 15 is 0 Å². The minimum Gasteiger partial charge on any atom is -0.328 e. The van der Waals surface area contributed by atoms with Gasteiger partial charge in [0.1, 0.15) is 0 Å². The predicted molar refractivity (Wildman–Crippen MR) is 86.8 cm³/mol. The molecule has 1 aliphatic heterocycles. The lowest BCUT2D eigenvalue weighted by Crippen LogP contribution is -2.46. The number of benzene rings is 1. The van der Waals surface area contributed by atoms with Crippen LogP contribution in [0.15, 0.2) is 24.3 Å². The molecule has 1 aromatic rings. The Morgan fingerprint density at radius 2 is 1.85 bits per heavy atom. The maximum atomic E-state index is 6.07. The molecule has 2 heteroatoms. The molecule has 1 aliphatic rings. The maximum Gasteiger partial charge on any atom is 0.0322 e. The summed E-state index contributed by atoms with van der Waals surface area (Å²) in [6, 6.07) is 10.7. The molecule has 0 bridgehead atoms. The van der Waals surface area contributed by atoms with Gasteiger partial charge in [0.15, 0.2) is 0 Å². The van der Waals surface area contributed by atoms with Crippen molar-refractivity contribution in [1.82, 2.24) is 4.90 Å². The zero-order chi connectivity index (χ0) is 14.7. The van der Waals surface area contributed by atoms with Crippen LogP contribution in [0, 0.1) is 5.92 Å². The number of hydrogen-bond donors (Lipinski definition) is 1. The van der Waals surface area contributed by atoms with Crippen LogP contribution in [-0.4, -0.2) is 23.5 Å². The highest BCUT2D eigenvalue weighted by Gasteiger charge is 2.27. The summed E-state index contributed by atoms with van der Waals surface area (Å²) in [5.74, 6) is 0.724. The highest BCUT2D eigenvalue weighted by Crippen LogP contribution is 2.28. The van der Waals surface area contributed by atoms with Gasteiger partial charge in [-0.1, -0.05) is 38.1 Å². The highest BCUT2D eigenvalue weighted by atomic mass is 15.2. The summed E-state index contributed by atoms with van der Waals surface area (Å²) in [6.45, 7) is 10.3. The Kier molecular flexibility index (Phi) is 5.22. The molecule has 0 radical (unpaired) electrons. The van der Waals surface area contributed by atoms with Crippen LogP contribution in [0.4, 0.5) is 0 Å². The van der Waals surface area contributed by atoms with Crippen LogP contribution in [0.3, 0.4) is 0 Å². The first kappa shape index (κ1) is 15.5. The van der Waals surface area contributed by atoms with Crippen molar-refractivity contribution in [2.45, 2.75) is 65.1 Å². The molecule has 0 aliphatic carbocycles. The molecule has 1 saturated heterocycles. The summed E-state index contributed by atoms with van der Waals surface area (Å²) in [5, 5.41) is 0. The van der Waals surface area contributed by atoms with Crippen molar-refractivity contribution in [2.24, 2.45) is 11.7 Å². The minimum atomic E-state index is 0.391. The molecule has 0 saturated carbocycles. The van der Waals surface area contributed by atoms with Crippen LogP contribution in [-0.2, 0) is 6.42 Å². The summed E-state index contributed by atoms with van der Waals surface area (Å²) in [4.78, 5) is 2.60. The fourth-order valence-electron chi connectivity index (χ4n) is 3.40. The van der Waals surface area contributed by atoms with E-state index in [2.05, 4.69) is 56.9 Å². The second-order valence-corrected chi connectivity index (χ2v) is 6.89. The van der Waals surface area contributed by atoms with Crippen LogP contribution in [0.1, 0.15) is 57.7 Å². The van der Waals surface area contributed by atoms with E-state index in [4.69, 9.17) is 5.73 Å². The van der Waals surface area contributed by atoms with E-state index in [-0.39, 0.29) is 0 Å². The van der Waals surface area contributed by atoms with Gasteiger partial charge in [-0.25, -0.2) is 0 Å². The summed E-state index contributed by atoms with van der Waals surface area (Å²) in [6.07, 6.45) is 3.42. The molecule has 2 N–H and O–H groups in total. The molecule has 3 atom stereocenters. The normalized spacial score (nSPS) is 25.9. The van der Waals surface area contributed by atoms with Gasteiger partial charge >= 0.3 is 0 Å². The molecule has 20 heavy (non-hydrogen) atoms. The SMILES string of the molecule is CC(C)Cc1ccc(C(C)N2CCC(N)CC2C)cc1. The second kappa shape index (κ2) is 6.73. The third-order valence-corrected chi connectivity index (χ3v) is 4.57. The van der Waals surface area contributed by atoms with E-state index in [0.717, 1.165) is 25.3 Å². The van der Waals surface area contributed by atoms with E-state index < -0.39 is 0 Å². The van der Waals surface area contributed by atoms with Crippen molar-refractivity contribution in [1.29, 1.82) is 0 Å². The molecule has 2 nitrogen and oxygen atoms in total. The monoisotopic (exact) mass is 274 g/mol. The molecular weight excluding hydrogens is 244 g/mol. The summed E-state index contributed by atoms with van der Waals surface area (Å²) < 4.78 is 0. The van der Waals surface area contributed by atoms with E-state index in [0.29, 0.717) is 18.1 Å². The van der Waals surface area contributed by atoms with Crippen LogP contribution >= 0.6 is 0 Å². The molecule has 1 fully saturated rings. The van der Waals surface area contributed by atoms with Gasteiger partial charge in [0, 0.05) is 24.7 Å². The van der Waals surface area contributed by atoms with Gasteiger partial charge in [0.05, 0.1) is 0 Å². The van der Waals surface area contributed by atoms with E-state index in [1.54, 1.807) is 0 Å². The zero-order valence-electron chi connectivity index (χ0n) is 13.5. The molecular formula is C18H30N2. The molecule has 112 valence electrons. The summed E-state index contributed by atoms with van der Waals surface area (Å²) in [7, 11) is 0. The number of piperidine rings is 1. The molecule has 1 aromatic carbocycles. The van der Waals surface area contributed by atoms with Crippen molar-refractivity contribution >= 4 is 0 Å². The number of likely N-dealkylation sites (tertiary alicyclic amines) is 1. The molecule has 1 heterocycles. The average molecular weight is 274 g/mol. The Hall–Kier alpha value is -0.860. The van der Waals surface area contributed by atoms with Gasteiger partial charge in [-0.2, -0.15) is 0 Å². The Balaban J connectivity index is 2.03. The quantitative estimate of drug-likeness (QED) is 0.906. The largest absolute Gasteiger partial charge is 0.328 e. The van der Waals surface area contributed by atoms with Crippen molar-refractivity contribution in [3.05, 3.63) is 35.4 Å². The lowest BCUT2D eigenvalue weighted by atomic mass is 9.94. The van der Waals surface area contributed by atoms with E-state index in [9.17, 15) is 0 Å². The first-order valence-corrected chi connectivity index (χ1v) is 8.07. The number of nitrogens with zero attached hydrogens (tertiary/aromatic N) is 1. The first-order valence-electron chi connectivity index (χ1n) is 8.07. The van der Waals surface area contributed by atoms with Crippen molar-refractivity contribution in [2.75, 3.05) is 6.54 Å². The average Bonchev–Trinajstić information content (AvgIpc) is 2.38. The molecule has 0 spiro atoms. The second-order valence-electron chi connectivity index (χ2n) is 6.89. The van der Waals surface area contributed by atoms with Gasteiger partial charge in [-0.3, -0.25) is 4.90 Å². The van der Waals surface area contributed by atoms with Gasteiger partial charge in [0.25, 0.3) is 0 Å². The van der Waals surface area contributed by atoms with Gasteiger partial charge < -0.3 is 5.73 Å². The third-order valence-electron chi connectivity index (χ3n) is 4.57. The number of nitrogens with two attached hydrogens (primary N) is 1. The molecule has 0 aromatic heterocycles.